The highest BCUT2D eigenvalue weighted by molar-refractivity contribution is 5.80. The Morgan fingerprint density at radius 2 is 1.90 bits per heavy atom. The summed E-state index contributed by atoms with van der Waals surface area (Å²) in [6.07, 6.45) is -0.565. The molecule has 1 amide bonds. The Labute approximate surface area is 172 Å². The number of nitrogens with one attached hydrogen (secondary N) is 1. The minimum absolute atomic E-state index is 0.148. The van der Waals surface area contributed by atoms with Gasteiger partial charge in [-0.1, -0.05) is 24.3 Å². The predicted molar refractivity (Wildman–Crippen MR) is 112 cm³/mol. The lowest BCUT2D eigenvalue weighted by Crippen LogP contribution is -2.38. The molecule has 2 aromatic carbocycles. The van der Waals surface area contributed by atoms with Crippen molar-refractivity contribution in [1.29, 1.82) is 0 Å². The van der Waals surface area contributed by atoms with Gasteiger partial charge in [0.1, 0.15) is 18.1 Å². The number of rotatable bonds is 9. The first-order chi connectivity index (χ1) is 14.1. The second-order valence-electron chi connectivity index (χ2n) is 7.24. The van der Waals surface area contributed by atoms with Crippen LogP contribution in [0.15, 0.2) is 48.5 Å². The lowest BCUT2D eigenvalue weighted by molar-refractivity contribution is -0.127. The summed E-state index contributed by atoms with van der Waals surface area (Å²) in [6.45, 7) is 9.20. The van der Waals surface area contributed by atoms with Gasteiger partial charge < -0.3 is 19.5 Å². The Kier molecular flexibility index (Phi) is 7.90. The van der Waals surface area contributed by atoms with Crippen LogP contribution in [-0.2, 0) is 16.1 Å². The summed E-state index contributed by atoms with van der Waals surface area (Å²) < 4.78 is 17.0. The van der Waals surface area contributed by atoms with Gasteiger partial charge in [-0.25, -0.2) is 0 Å². The lowest BCUT2D eigenvalue weighted by atomic mass is 10.2. The van der Waals surface area contributed by atoms with E-state index in [9.17, 15) is 4.79 Å². The Morgan fingerprint density at radius 3 is 2.69 bits per heavy atom. The van der Waals surface area contributed by atoms with Crippen LogP contribution in [0.25, 0.3) is 0 Å². The van der Waals surface area contributed by atoms with E-state index in [2.05, 4.69) is 10.2 Å². The van der Waals surface area contributed by atoms with Gasteiger partial charge in [-0.05, 0) is 49.2 Å². The zero-order valence-electron chi connectivity index (χ0n) is 17.2. The van der Waals surface area contributed by atoms with Crippen LogP contribution < -0.4 is 14.8 Å². The fourth-order valence-electron chi connectivity index (χ4n) is 3.14. The second kappa shape index (κ2) is 10.8. The van der Waals surface area contributed by atoms with Gasteiger partial charge in [0.25, 0.3) is 5.91 Å². The molecule has 1 saturated heterocycles. The van der Waals surface area contributed by atoms with Gasteiger partial charge in [-0.15, -0.1) is 0 Å². The first kappa shape index (κ1) is 21.1. The molecule has 1 aliphatic rings. The van der Waals surface area contributed by atoms with Crippen LogP contribution in [0.4, 0.5) is 0 Å². The van der Waals surface area contributed by atoms with E-state index < -0.39 is 6.10 Å². The fraction of sp³-hybridized carbons (Fsp3) is 0.435. The van der Waals surface area contributed by atoms with Crippen LogP contribution in [0.2, 0.25) is 0 Å². The van der Waals surface area contributed by atoms with Crippen molar-refractivity contribution in [3.63, 3.8) is 0 Å². The van der Waals surface area contributed by atoms with E-state index in [-0.39, 0.29) is 5.91 Å². The number of hydrogen-bond acceptors (Lipinski definition) is 5. The third-order valence-corrected chi connectivity index (χ3v) is 4.82. The Morgan fingerprint density at radius 1 is 1.14 bits per heavy atom. The van der Waals surface area contributed by atoms with Gasteiger partial charge in [0, 0.05) is 26.2 Å². The highest BCUT2D eigenvalue weighted by Crippen LogP contribution is 2.15. The van der Waals surface area contributed by atoms with E-state index in [4.69, 9.17) is 14.2 Å². The zero-order chi connectivity index (χ0) is 20.5. The molecule has 0 radical (unpaired) electrons. The van der Waals surface area contributed by atoms with Crippen LogP contribution in [0.1, 0.15) is 18.1 Å². The topological polar surface area (TPSA) is 60.0 Å². The first-order valence-electron chi connectivity index (χ1n) is 10.1. The van der Waals surface area contributed by atoms with Gasteiger partial charge in [0.15, 0.2) is 6.10 Å². The van der Waals surface area contributed by atoms with Crippen molar-refractivity contribution < 1.29 is 19.0 Å². The molecule has 29 heavy (non-hydrogen) atoms. The van der Waals surface area contributed by atoms with E-state index >= 15 is 0 Å². The number of nitrogens with zero attached hydrogens (tertiary/aromatic N) is 1. The fourth-order valence-corrected chi connectivity index (χ4v) is 3.14. The maximum absolute atomic E-state index is 12.4. The Hall–Kier alpha value is -2.57. The quantitative estimate of drug-likeness (QED) is 0.704. The molecule has 6 nitrogen and oxygen atoms in total. The smallest absolute Gasteiger partial charge is 0.261 e. The van der Waals surface area contributed by atoms with E-state index in [1.54, 1.807) is 6.92 Å². The number of carbonyl (C=O) groups excluding carboxylic acids is 1. The molecule has 3 rings (SSSR count). The van der Waals surface area contributed by atoms with Crippen LogP contribution in [0.5, 0.6) is 11.5 Å². The van der Waals surface area contributed by atoms with Crippen LogP contribution >= 0.6 is 0 Å². The Bertz CT molecular complexity index is 790. The molecule has 1 fully saturated rings. The molecule has 2 aromatic rings. The molecule has 1 aliphatic heterocycles. The van der Waals surface area contributed by atoms with Gasteiger partial charge in [0.05, 0.1) is 13.2 Å². The van der Waals surface area contributed by atoms with E-state index in [1.807, 2.05) is 55.5 Å². The largest absolute Gasteiger partial charge is 0.492 e. The van der Waals surface area contributed by atoms with E-state index in [1.165, 1.54) is 0 Å². The Balaban J connectivity index is 1.42. The first-order valence-corrected chi connectivity index (χ1v) is 10.1. The van der Waals surface area contributed by atoms with Crippen molar-refractivity contribution in [2.75, 3.05) is 39.5 Å². The number of carbonyl (C=O) groups is 1. The van der Waals surface area contributed by atoms with E-state index in [0.717, 1.165) is 49.7 Å². The van der Waals surface area contributed by atoms with Crippen molar-refractivity contribution >= 4 is 5.91 Å². The highest BCUT2D eigenvalue weighted by atomic mass is 16.5. The molecule has 6 heteroatoms. The molecule has 1 unspecified atom stereocenters. The monoisotopic (exact) mass is 398 g/mol. The number of amides is 1. The number of benzene rings is 2. The zero-order valence-corrected chi connectivity index (χ0v) is 17.2. The third-order valence-electron chi connectivity index (χ3n) is 4.82. The lowest BCUT2D eigenvalue weighted by Gasteiger charge is -2.26. The van der Waals surface area contributed by atoms with Crippen LogP contribution in [0, 0.1) is 6.92 Å². The molecule has 156 valence electrons. The van der Waals surface area contributed by atoms with Crippen molar-refractivity contribution in [3.05, 3.63) is 59.7 Å². The van der Waals surface area contributed by atoms with E-state index in [0.29, 0.717) is 18.9 Å². The third kappa shape index (κ3) is 7.07. The average molecular weight is 399 g/mol. The van der Waals surface area contributed by atoms with Gasteiger partial charge in [-0.2, -0.15) is 0 Å². The standard InChI is InChI=1S/C23H30N2O4/c1-18-5-3-8-22(15-18)29-19(2)23(26)24-17-20-6-4-7-21(16-20)28-14-11-25-9-12-27-13-10-25/h3-8,15-16,19H,9-14,17H2,1-2H3,(H,24,26). The van der Waals surface area contributed by atoms with Gasteiger partial charge in [0.2, 0.25) is 0 Å². The van der Waals surface area contributed by atoms with Crippen molar-refractivity contribution in [2.45, 2.75) is 26.5 Å². The molecular weight excluding hydrogens is 368 g/mol. The predicted octanol–water partition coefficient (Wildman–Crippen LogP) is 2.79. The molecule has 1 atom stereocenters. The summed E-state index contributed by atoms with van der Waals surface area (Å²) >= 11 is 0. The van der Waals surface area contributed by atoms with Crippen LogP contribution in [-0.4, -0.2) is 56.4 Å². The summed E-state index contributed by atoms with van der Waals surface area (Å²) in [7, 11) is 0. The summed E-state index contributed by atoms with van der Waals surface area (Å²) in [4.78, 5) is 14.7. The second-order valence-corrected chi connectivity index (χ2v) is 7.24. The molecule has 1 N–H and O–H groups in total. The average Bonchev–Trinajstić information content (AvgIpc) is 2.73. The van der Waals surface area contributed by atoms with Crippen molar-refractivity contribution in [2.24, 2.45) is 0 Å². The van der Waals surface area contributed by atoms with Crippen molar-refractivity contribution in [1.82, 2.24) is 10.2 Å². The van der Waals surface area contributed by atoms with Gasteiger partial charge in [-0.3, -0.25) is 9.69 Å². The number of aryl methyl sites for hydroxylation is 1. The number of hydrogen-bond donors (Lipinski definition) is 1. The maximum Gasteiger partial charge on any atom is 0.261 e. The molecular formula is C23H30N2O4. The minimum Gasteiger partial charge on any atom is -0.492 e. The molecule has 0 bridgehead atoms. The summed E-state index contributed by atoms with van der Waals surface area (Å²) in [5.74, 6) is 1.36. The molecule has 0 aromatic heterocycles. The molecule has 0 aliphatic carbocycles. The summed E-state index contributed by atoms with van der Waals surface area (Å²) in [5, 5.41) is 2.93. The highest BCUT2D eigenvalue weighted by Gasteiger charge is 2.14. The summed E-state index contributed by atoms with van der Waals surface area (Å²) in [6, 6.07) is 15.5. The van der Waals surface area contributed by atoms with Crippen LogP contribution in [0.3, 0.4) is 0 Å². The normalized spacial score (nSPS) is 15.5. The number of ether oxygens (including phenoxy) is 3. The molecule has 0 spiro atoms. The molecule has 0 saturated carbocycles. The van der Waals surface area contributed by atoms with Crippen molar-refractivity contribution in [3.8, 4) is 11.5 Å². The SMILES string of the molecule is Cc1cccc(OC(C)C(=O)NCc2cccc(OCCN3CCOCC3)c2)c1. The number of morpholine rings is 1. The minimum atomic E-state index is -0.565. The summed E-state index contributed by atoms with van der Waals surface area (Å²) in [5.41, 5.74) is 2.09. The molecule has 1 heterocycles. The maximum atomic E-state index is 12.4. The van der Waals surface area contributed by atoms with Gasteiger partial charge >= 0.3 is 0 Å².